The van der Waals surface area contributed by atoms with Crippen LogP contribution in [0, 0.1) is 0 Å². The lowest BCUT2D eigenvalue weighted by molar-refractivity contribution is -0.141. The van der Waals surface area contributed by atoms with Crippen molar-refractivity contribution in [2.24, 2.45) is 0 Å². The van der Waals surface area contributed by atoms with Crippen LogP contribution in [-0.4, -0.2) is 28.1 Å². The van der Waals surface area contributed by atoms with Crippen molar-refractivity contribution in [3.05, 3.63) is 39.9 Å². The highest BCUT2D eigenvalue weighted by Crippen LogP contribution is 2.35. The van der Waals surface area contributed by atoms with Gasteiger partial charge in [0.05, 0.1) is 12.1 Å². The third-order valence-electron chi connectivity index (χ3n) is 2.83. The van der Waals surface area contributed by atoms with E-state index in [1.54, 1.807) is 0 Å². The molecule has 0 aliphatic rings. The van der Waals surface area contributed by atoms with Gasteiger partial charge in [-0.05, 0) is 6.07 Å². The highest BCUT2D eigenvalue weighted by Gasteiger charge is 2.36. The molecule has 1 N–H and O–H groups in total. The van der Waals surface area contributed by atoms with Gasteiger partial charge in [-0.2, -0.15) is 26.3 Å². The smallest absolute Gasteiger partial charge is 0.435 e. The van der Waals surface area contributed by atoms with Crippen LogP contribution in [0.3, 0.4) is 0 Å². The van der Waals surface area contributed by atoms with Crippen LogP contribution < -0.4 is 10.1 Å². The van der Waals surface area contributed by atoms with Gasteiger partial charge in [-0.15, -0.1) is 0 Å². The lowest BCUT2D eigenvalue weighted by Gasteiger charge is -2.13. The average molecular weight is 421 g/mol. The number of ether oxygens (including phenoxy) is 1. The van der Waals surface area contributed by atoms with Crippen molar-refractivity contribution in [1.29, 1.82) is 0 Å². The largest absolute Gasteiger partial charge is 0.475 e. The van der Waals surface area contributed by atoms with E-state index < -0.39 is 28.6 Å². The molecular weight excluding hydrogens is 413 g/mol. The molecule has 26 heavy (non-hydrogen) atoms. The molecule has 0 saturated heterocycles. The van der Waals surface area contributed by atoms with Gasteiger partial charge in [0.2, 0.25) is 5.88 Å². The molecule has 0 bridgehead atoms. The molecule has 13 heteroatoms. The molecule has 2 heterocycles. The molecular formula is C13H8Cl2F6N4O. The first-order valence-corrected chi connectivity index (χ1v) is 7.43. The summed E-state index contributed by atoms with van der Waals surface area (Å²) >= 11 is 11.2. The van der Waals surface area contributed by atoms with E-state index in [4.69, 9.17) is 27.9 Å². The number of nitrogens with zero attached hydrogens (tertiary/aromatic N) is 3. The molecule has 0 radical (unpaired) electrons. The predicted molar refractivity (Wildman–Crippen MR) is 80.3 cm³/mol. The lowest BCUT2D eigenvalue weighted by atomic mass is 10.3. The fourth-order valence-electron chi connectivity index (χ4n) is 1.69. The number of hydrogen-bond acceptors (Lipinski definition) is 5. The van der Waals surface area contributed by atoms with Gasteiger partial charge in [0.15, 0.2) is 5.69 Å². The number of hydrogen-bond donors (Lipinski definition) is 1. The summed E-state index contributed by atoms with van der Waals surface area (Å²) in [5, 5.41) is 1.41. The van der Waals surface area contributed by atoms with Gasteiger partial charge >= 0.3 is 12.4 Å². The van der Waals surface area contributed by atoms with Crippen LogP contribution in [0.1, 0.15) is 11.3 Å². The highest BCUT2D eigenvalue weighted by atomic mass is 35.5. The van der Waals surface area contributed by atoms with Crippen LogP contribution in [0.5, 0.6) is 5.88 Å². The molecule has 5 nitrogen and oxygen atoms in total. The third kappa shape index (κ3) is 5.01. The first kappa shape index (κ1) is 20.3. The molecule has 0 amide bonds. The summed E-state index contributed by atoms with van der Waals surface area (Å²) in [5.74, 6) is -0.532. The quantitative estimate of drug-likeness (QED) is 0.560. The number of nitrogens with one attached hydrogen (secondary N) is 1. The SMILES string of the molecule is FC(F)(F)c1cnc(OCCNc2ncnc(C(F)(F)F)c2Cl)c(Cl)c1. The van der Waals surface area contributed by atoms with E-state index in [0.29, 0.717) is 18.6 Å². The van der Waals surface area contributed by atoms with Crippen LogP contribution in [0.15, 0.2) is 18.6 Å². The average Bonchev–Trinajstić information content (AvgIpc) is 2.52. The van der Waals surface area contributed by atoms with Crippen LogP contribution in [0.25, 0.3) is 0 Å². The maximum atomic E-state index is 12.7. The summed E-state index contributed by atoms with van der Waals surface area (Å²) in [4.78, 5) is 10.1. The predicted octanol–water partition coefficient (Wildman–Crippen LogP) is 4.71. The Morgan fingerprint density at radius 1 is 1.00 bits per heavy atom. The Balaban J connectivity index is 1.96. The fraction of sp³-hybridized carbons (Fsp3) is 0.308. The van der Waals surface area contributed by atoms with E-state index in [1.165, 1.54) is 0 Å². The van der Waals surface area contributed by atoms with Crippen molar-refractivity contribution >= 4 is 29.0 Å². The molecule has 142 valence electrons. The van der Waals surface area contributed by atoms with Crippen LogP contribution in [-0.2, 0) is 12.4 Å². The zero-order valence-electron chi connectivity index (χ0n) is 12.4. The minimum absolute atomic E-state index is 0.0763. The van der Waals surface area contributed by atoms with E-state index in [1.807, 2.05) is 0 Å². The van der Waals surface area contributed by atoms with E-state index in [-0.39, 0.29) is 29.9 Å². The minimum atomic E-state index is -4.75. The number of rotatable bonds is 5. The van der Waals surface area contributed by atoms with Crippen molar-refractivity contribution in [3.63, 3.8) is 0 Å². The molecule has 0 spiro atoms. The highest BCUT2D eigenvalue weighted by molar-refractivity contribution is 6.33. The Kier molecular flexibility index (Phi) is 6.02. The van der Waals surface area contributed by atoms with Crippen molar-refractivity contribution in [2.45, 2.75) is 12.4 Å². The van der Waals surface area contributed by atoms with E-state index >= 15 is 0 Å². The Bertz CT molecular complexity index is 784. The van der Waals surface area contributed by atoms with Crippen molar-refractivity contribution in [1.82, 2.24) is 15.0 Å². The van der Waals surface area contributed by atoms with Gasteiger partial charge in [0.1, 0.15) is 28.8 Å². The first-order valence-electron chi connectivity index (χ1n) is 6.67. The topological polar surface area (TPSA) is 59.9 Å². The maximum Gasteiger partial charge on any atom is 0.435 e. The van der Waals surface area contributed by atoms with Crippen molar-refractivity contribution in [3.8, 4) is 5.88 Å². The third-order valence-corrected chi connectivity index (χ3v) is 3.45. The number of halogens is 8. The van der Waals surface area contributed by atoms with Crippen LogP contribution >= 0.6 is 23.2 Å². The summed E-state index contributed by atoms with van der Waals surface area (Å²) in [6.45, 7) is -0.257. The van der Waals surface area contributed by atoms with Crippen molar-refractivity contribution < 1.29 is 31.1 Å². The molecule has 0 fully saturated rings. The molecule has 0 aromatic carbocycles. The van der Waals surface area contributed by atoms with Gasteiger partial charge in [-0.1, -0.05) is 23.2 Å². The Morgan fingerprint density at radius 3 is 2.27 bits per heavy atom. The molecule has 0 unspecified atom stereocenters. The van der Waals surface area contributed by atoms with Crippen LogP contribution in [0.2, 0.25) is 10.0 Å². The Morgan fingerprint density at radius 2 is 1.69 bits per heavy atom. The standard InChI is InChI=1S/C13H8Cl2F6N4O/c14-7-3-6(12(16,17)18)4-23-11(7)26-2-1-22-10-8(15)9(13(19,20)21)24-5-25-10/h3-5H,1-2H2,(H,22,24,25). The monoisotopic (exact) mass is 420 g/mol. The summed E-state index contributed by atoms with van der Waals surface area (Å²) in [7, 11) is 0. The molecule has 2 aromatic rings. The molecule has 0 aliphatic carbocycles. The number of alkyl halides is 6. The maximum absolute atomic E-state index is 12.7. The second-order valence-corrected chi connectivity index (χ2v) is 5.45. The zero-order chi connectivity index (χ0) is 19.5. The molecule has 2 aromatic heterocycles. The minimum Gasteiger partial charge on any atom is -0.475 e. The van der Waals surface area contributed by atoms with Gasteiger partial charge in [0, 0.05) is 6.20 Å². The van der Waals surface area contributed by atoms with E-state index in [9.17, 15) is 26.3 Å². The number of anilines is 1. The first-order chi connectivity index (χ1) is 12.0. The fourth-order valence-corrected chi connectivity index (χ4v) is 2.19. The van der Waals surface area contributed by atoms with Crippen molar-refractivity contribution in [2.75, 3.05) is 18.5 Å². The summed E-state index contributed by atoms with van der Waals surface area (Å²) in [6.07, 6.45) is -8.11. The second-order valence-electron chi connectivity index (χ2n) is 4.67. The van der Waals surface area contributed by atoms with Gasteiger partial charge in [0.25, 0.3) is 0 Å². The molecule has 0 saturated carbocycles. The summed E-state index contributed by atoms with van der Waals surface area (Å²) in [6, 6.07) is 0.647. The number of aromatic nitrogens is 3. The zero-order valence-corrected chi connectivity index (χ0v) is 13.9. The normalized spacial score (nSPS) is 12.2. The summed E-state index contributed by atoms with van der Waals surface area (Å²) < 4.78 is 80.6. The van der Waals surface area contributed by atoms with Crippen LogP contribution in [0.4, 0.5) is 32.2 Å². The van der Waals surface area contributed by atoms with Gasteiger partial charge in [-0.3, -0.25) is 0 Å². The Hall–Kier alpha value is -2.01. The Labute approximate surface area is 152 Å². The van der Waals surface area contributed by atoms with Gasteiger partial charge in [-0.25, -0.2) is 15.0 Å². The number of pyridine rings is 1. The lowest BCUT2D eigenvalue weighted by Crippen LogP contribution is -2.16. The second kappa shape index (κ2) is 7.70. The van der Waals surface area contributed by atoms with E-state index in [2.05, 4.69) is 20.3 Å². The van der Waals surface area contributed by atoms with Gasteiger partial charge < -0.3 is 10.1 Å². The van der Waals surface area contributed by atoms with E-state index in [0.717, 1.165) is 0 Å². The molecule has 0 atom stereocenters. The molecule has 0 aliphatic heterocycles. The summed E-state index contributed by atoms with van der Waals surface area (Å²) in [5.41, 5.74) is -2.34. The molecule has 2 rings (SSSR count).